The third-order valence-electron chi connectivity index (χ3n) is 5.15. The predicted molar refractivity (Wildman–Crippen MR) is 90.7 cm³/mol. The van der Waals surface area contributed by atoms with E-state index in [2.05, 4.69) is 74.6 Å². The maximum Gasteiger partial charge on any atom is 0.161 e. The maximum absolute atomic E-state index is 4.25. The Morgan fingerprint density at radius 1 is 0.913 bits per heavy atom. The number of nitrogens with zero attached hydrogens (tertiary/aromatic N) is 4. The van der Waals surface area contributed by atoms with Crippen molar-refractivity contribution in [3.8, 4) is 0 Å². The molecule has 0 atom stereocenters. The molecular weight excluding hydrogens is 284 g/mol. The van der Waals surface area contributed by atoms with Gasteiger partial charge in [0.25, 0.3) is 0 Å². The largest absolute Gasteiger partial charge is 0.333 e. The van der Waals surface area contributed by atoms with Crippen molar-refractivity contribution in [1.82, 2.24) is 19.2 Å². The molecule has 1 fully saturated rings. The van der Waals surface area contributed by atoms with E-state index in [9.17, 15) is 0 Å². The molecule has 0 aliphatic heterocycles. The second kappa shape index (κ2) is 4.22. The van der Waals surface area contributed by atoms with Gasteiger partial charge < -0.3 is 4.57 Å². The average molecular weight is 302 g/mol. The Morgan fingerprint density at radius 2 is 1.70 bits per heavy atom. The normalized spacial score (nSPS) is 16.3. The highest BCUT2D eigenvalue weighted by molar-refractivity contribution is 5.82. The first-order chi connectivity index (χ1) is 11.2. The van der Waals surface area contributed by atoms with E-state index in [0.29, 0.717) is 0 Å². The molecule has 0 unspecified atom stereocenters. The van der Waals surface area contributed by atoms with Gasteiger partial charge in [0.2, 0.25) is 0 Å². The average Bonchev–Trinajstić information content (AvgIpc) is 3.17. The molecule has 5 rings (SSSR count). The maximum atomic E-state index is 4.25. The monoisotopic (exact) mass is 302 g/mol. The van der Waals surface area contributed by atoms with Crippen molar-refractivity contribution in [1.29, 1.82) is 0 Å². The minimum Gasteiger partial charge on any atom is -0.333 e. The van der Waals surface area contributed by atoms with E-state index in [4.69, 9.17) is 0 Å². The van der Waals surface area contributed by atoms with E-state index in [1.165, 1.54) is 35.1 Å². The molecule has 0 bridgehead atoms. The van der Waals surface area contributed by atoms with E-state index in [1.54, 1.807) is 0 Å². The summed E-state index contributed by atoms with van der Waals surface area (Å²) in [5.74, 6) is 0.937. The lowest BCUT2D eigenvalue weighted by Gasteiger charge is -2.22. The molecule has 0 N–H and O–H groups in total. The van der Waals surface area contributed by atoms with Crippen molar-refractivity contribution in [3.05, 3.63) is 65.6 Å². The molecule has 1 saturated carbocycles. The van der Waals surface area contributed by atoms with Crippen LogP contribution in [0.5, 0.6) is 0 Å². The van der Waals surface area contributed by atoms with Gasteiger partial charge in [-0.2, -0.15) is 0 Å². The fourth-order valence-electron chi connectivity index (χ4n) is 3.99. The standard InChI is InChI=1S/C19H18N4/c1-13-12-17-16(8-9-18-21-20-14(2)22(17)18)23(13)19(10-11-19)15-6-4-3-5-7-15/h3-9,12H,10-11H2,1-2H3. The van der Waals surface area contributed by atoms with Gasteiger partial charge in [0.05, 0.1) is 16.6 Å². The van der Waals surface area contributed by atoms with Crippen molar-refractivity contribution >= 4 is 16.7 Å². The zero-order chi connectivity index (χ0) is 15.6. The summed E-state index contributed by atoms with van der Waals surface area (Å²) < 4.78 is 4.66. The summed E-state index contributed by atoms with van der Waals surface area (Å²) in [5, 5.41) is 8.47. The summed E-state index contributed by atoms with van der Waals surface area (Å²) in [5.41, 5.74) is 6.19. The number of benzene rings is 1. The fourth-order valence-corrected chi connectivity index (χ4v) is 3.99. The Labute approximate surface area is 134 Å². The predicted octanol–water partition coefficient (Wildman–Crippen LogP) is 3.84. The quantitative estimate of drug-likeness (QED) is 0.564. The van der Waals surface area contributed by atoms with Gasteiger partial charge in [0, 0.05) is 5.69 Å². The Balaban J connectivity index is 1.85. The number of hydrogen-bond acceptors (Lipinski definition) is 2. The fraction of sp³-hybridized carbons (Fsp3) is 0.263. The number of hydrogen-bond donors (Lipinski definition) is 0. The van der Waals surface area contributed by atoms with Crippen LogP contribution in [-0.2, 0) is 5.54 Å². The highest BCUT2D eigenvalue weighted by atomic mass is 15.3. The Bertz CT molecular complexity index is 1040. The van der Waals surface area contributed by atoms with Crippen LogP contribution in [0.25, 0.3) is 16.7 Å². The third kappa shape index (κ3) is 1.61. The molecule has 1 aromatic carbocycles. The summed E-state index contributed by atoms with van der Waals surface area (Å²) >= 11 is 0. The highest BCUT2D eigenvalue weighted by Crippen LogP contribution is 2.51. The van der Waals surface area contributed by atoms with Crippen LogP contribution in [0.3, 0.4) is 0 Å². The van der Waals surface area contributed by atoms with Gasteiger partial charge in [-0.05, 0) is 50.5 Å². The van der Waals surface area contributed by atoms with Crippen LogP contribution in [0.15, 0.2) is 48.5 Å². The van der Waals surface area contributed by atoms with Gasteiger partial charge >= 0.3 is 0 Å². The van der Waals surface area contributed by atoms with Crippen LogP contribution in [0.2, 0.25) is 0 Å². The second-order valence-corrected chi connectivity index (χ2v) is 6.56. The van der Waals surface area contributed by atoms with Crippen molar-refractivity contribution in [2.75, 3.05) is 0 Å². The van der Waals surface area contributed by atoms with Gasteiger partial charge in [-0.3, -0.25) is 4.40 Å². The first-order valence-electron chi connectivity index (χ1n) is 8.09. The molecule has 4 nitrogen and oxygen atoms in total. The van der Waals surface area contributed by atoms with E-state index in [0.717, 1.165) is 11.5 Å². The number of rotatable bonds is 2. The van der Waals surface area contributed by atoms with Gasteiger partial charge in [-0.1, -0.05) is 30.3 Å². The molecular formula is C19H18N4. The SMILES string of the molecule is Cc1cc2c(ccc3nnc(C)n32)n1C1(c2ccccc2)CC1. The molecule has 0 saturated heterocycles. The van der Waals surface area contributed by atoms with Crippen LogP contribution in [-0.4, -0.2) is 19.2 Å². The second-order valence-electron chi connectivity index (χ2n) is 6.56. The molecule has 23 heavy (non-hydrogen) atoms. The molecule has 1 aliphatic carbocycles. The summed E-state index contributed by atoms with van der Waals surface area (Å²) in [7, 11) is 0. The topological polar surface area (TPSA) is 35.1 Å². The van der Waals surface area contributed by atoms with Crippen LogP contribution in [0.4, 0.5) is 0 Å². The summed E-state index contributed by atoms with van der Waals surface area (Å²) in [4.78, 5) is 0. The summed E-state index contributed by atoms with van der Waals surface area (Å²) in [6.45, 7) is 4.21. The first kappa shape index (κ1) is 12.9. The number of aromatic nitrogens is 4. The van der Waals surface area contributed by atoms with Crippen molar-refractivity contribution in [2.45, 2.75) is 32.2 Å². The molecule has 114 valence electrons. The highest BCUT2D eigenvalue weighted by Gasteiger charge is 2.47. The lowest BCUT2D eigenvalue weighted by atomic mass is 10.0. The van der Waals surface area contributed by atoms with Gasteiger partial charge in [-0.25, -0.2) is 0 Å². The smallest absolute Gasteiger partial charge is 0.161 e. The van der Waals surface area contributed by atoms with Crippen molar-refractivity contribution < 1.29 is 0 Å². The van der Waals surface area contributed by atoms with Crippen LogP contribution in [0, 0.1) is 13.8 Å². The summed E-state index contributed by atoms with van der Waals surface area (Å²) in [6, 6.07) is 17.4. The lowest BCUT2D eigenvalue weighted by Crippen LogP contribution is -2.19. The lowest BCUT2D eigenvalue weighted by molar-refractivity contribution is 0.581. The van der Waals surface area contributed by atoms with E-state index >= 15 is 0 Å². The molecule has 1 aliphatic rings. The van der Waals surface area contributed by atoms with Crippen molar-refractivity contribution in [3.63, 3.8) is 0 Å². The number of aryl methyl sites for hydroxylation is 2. The number of pyridine rings is 1. The van der Waals surface area contributed by atoms with Gasteiger partial charge in [0.1, 0.15) is 5.82 Å². The molecule has 0 radical (unpaired) electrons. The van der Waals surface area contributed by atoms with Crippen LogP contribution in [0.1, 0.15) is 29.9 Å². The molecule has 3 heterocycles. The first-order valence-corrected chi connectivity index (χ1v) is 8.09. The minimum atomic E-state index is 0.114. The minimum absolute atomic E-state index is 0.114. The zero-order valence-corrected chi connectivity index (χ0v) is 13.3. The van der Waals surface area contributed by atoms with Crippen LogP contribution >= 0.6 is 0 Å². The molecule has 4 aromatic rings. The Hall–Kier alpha value is -2.62. The Kier molecular flexibility index (Phi) is 2.36. The third-order valence-corrected chi connectivity index (χ3v) is 5.15. The molecule has 3 aromatic heterocycles. The number of fused-ring (bicyclic) bond motifs is 3. The van der Waals surface area contributed by atoms with E-state index in [-0.39, 0.29) is 5.54 Å². The molecule has 0 amide bonds. The Morgan fingerprint density at radius 3 is 2.43 bits per heavy atom. The van der Waals surface area contributed by atoms with E-state index < -0.39 is 0 Å². The molecule has 0 spiro atoms. The van der Waals surface area contributed by atoms with E-state index in [1.807, 2.05) is 6.92 Å². The van der Waals surface area contributed by atoms with Gasteiger partial charge in [-0.15, -0.1) is 10.2 Å². The van der Waals surface area contributed by atoms with Crippen LogP contribution < -0.4 is 0 Å². The zero-order valence-electron chi connectivity index (χ0n) is 13.3. The van der Waals surface area contributed by atoms with Crippen molar-refractivity contribution in [2.24, 2.45) is 0 Å². The van der Waals surface area contributed by atoms with Gasteiger partial charge in [0.15, 0.2) is 5.65 Å². The molecule has 4 heteroatoms. The summed E-state index contributed by atoms with van der Waals surface area (Å²) in [6.07, 6.45) is 2.39.